The third-order valence-corrected chi connectivity index (χ3v) is 3.73. The maximum absolute atomic E-state index is 6.17. The minimum absolute atomic E-state index is 0.825. The molecule has 2 rings (SSSR count). The van der Waals surface area contributed by atoms with Crippen molar-refractivity contribution in [3.05, 3.63) is 52.6 Å². The van der Waals surface area contributed by atoms with Crippen LogP contribution in [0.2, 0.25) is 0 Å². The van der Waals surface area contributed by atoms with Crippen LogP contribution in [0.3, 0.4) is 0 Å². The Balaban J connectivity index is 2.52. The van der Waals surface area contributed by atoms with Crippen LogP contribution in [0.4, 0.5) is 17.1 Å². The fraction of sp³-hybridized carbons (Fsp3) is 0.294. The standard InChI is InChI=1S/C17H22N2/c1-11-6-7-12(2)16(8-11)19(5)17-10-14(4)13(3)9-15(17)18/h6-10H,18H2,1-5H3. The Morgan fingerprint density at radius 2 is 1.42 bits per heavy atom. The average molecular weight is 254 g/mol. The Bertz CT molecular complexity index is 615. The number of aryl methyl sites for hydroxylation is 4. The number of hydrogen-bond donors (Lipinski definition) is 1. The summed E-state index contributed by atoms with van der Waals surface area (Å²) in [6.07, 6.45) is 0. The average Bonchev–Trinajstić information content (AvgIpc) is 2.36. The van der Waals surface area contributed by atoms with Gasteiger partial charge in [0.25, 0.3) is 0 Å². The maximum Gasteiger partial charge on any atom is 0.0644 e. The molecule has 0 unspecified atom stereocenters. The summed E-state index contributed by atoms with van der Waals surface area (Å²) in [7, 11) is 2.07. The highest BCUT2D eigenvalue weighted by molar-refractivity contribution is 5.77. The van der Waals surface area contributed by atoms with Crippen molar-refractivity contribution in [1.82, 2.24) is 0 Å². The van der Waals surface area contributed by atoms with E-state index >= 15 is 0 Å². The normalized spacial score (nSPS) is 10.6. The topological polar surface area (TPSA) is 29.3 Å². The van der Waals surface area contributed by atoms with Gasteiger partial charge in [0, 0.05) is 12.7 Å². The zero-order valence-corrected chi connectivity index (χ0v) is 12.4. The molecule has 0 saturated carbocycles. The number of anilines is 3. The molecule has 0 aliphatic rings. The van der Waals surface area contributed by atoms with Crippen molar-refractivity contribution in [3.8, 4) is 0 Å². The molecule has 0 bridgehead atoms. The number of benzene rings is 2. The molecule has 0 spiro atoms. The largest absolute Gasteiger partial charge is 0.397 e. The summed E-state index contributed by atoms with van der Waals surface area (Å²) in [6.45, 7) is 8.45. The highest BCUT2D eigenvalue weighted by Gasteiger charge is 2.11. The van der Waals surface area contributed by atoms with Crippen molar-refractivity contribution in [2.75, 3.05) is 17.7 Å². The van der Waals surface area contributed by atoms with Crippen LogP contribution in [-0.2, 0) is 0 Å². The van der Waals surface area contributed by atoms with E-state index in [0.29, 0.717) is 0 Å². The van der Waals surface area contributed by atoms with E-state index in [1.807, 2.05) is 6.07 Å². The predicted molar refractivity (Wildman–Crippen MR) is 84.3 cm³/mol. The van der Waals surface area contributed by atoms with Crippen molar-refractivity contribution in [2.45, 2.75) is 27.7 Å². The van der Waals surface area contributed by atoms with Crippen LogP contribution < -0.4 is 10.6 Å². The molecule has 0 saturated heterocycles. The first-order chi connectivity index (χ1) is 8.90. The first kappa shape index (κ1) is 13.5. The number of rotatable bonds is 2. The predicted octanol–water partition coefficient (Wildman–Crippen LogP) is 4.27. The lowest BCUT2D eigenvalue weighted by atomic mass is 10.1. The van der Waals surface area contributed by atoms with Gasteiger partial charge < -0.3 is 10.6 Å². The fourth-order valence-electron chi connectivity index (χ4n) is 2.32. The molecule has 0 radical (unpaired) electrons. The van der Waals surface area contributed by atoms with Crippen molar-refractivity contribution >= 4 is 17.1 Å². The molecule has 2 aromatic carbocycles. The SMILES string of the molecule is Cc1ccc(C)c(N(C)c2cc(C)c(C)cc2N)c1. The van der Waals surface area contributed by atoms with Gasteiger partial charge in [-0.2, -0.15) is 0 Å². The smallest absolute Gasteiger partial charge is 0.0644 e. The van der Waals surface area contributed by atoms with Gasteiger partial charge in [0.05, 0.1) is 11.4 Å². The summed E-state index contributed by atoms with van der Waals surface area (Å²) in [6, 6.07) is 10.7. The molecule has 0 amide bonds. The maximum atomic E-state index is 6.17. The second-order valence-electron chi connectivity index (χ2n) is 5.34. The molecular weight excluding hydrogens is 232 g/mol. The van der Waals surface area contributed by atoms with Crippen LogP contribution >= 0.6 is 0 Å². The Morgan fingerprint density at radius 3 is 2.11 bits per heavy atom. The van der Waals surface area contributed by atoms with Gasteiger partial charge in [-0.15, -0.1) is 0 Å². The molecule has 2 heteroatoms. The summed E-state index contributed by atoms with van der Waals surface area (Å²) < 4.78 is 0. The molecule has 0 aliphatic heterocycles. The van der Waals surface area contributed by atoms with Crippen molar-refractivity contribution in [3.63, 3.8) is 0 Å². The van der Waals surface area contributed by atoms with Gasteiger partial charge in [-0.25, -0.2) is 0 Å². The van der Waals surface area contributed by atoms with Crippen LogP contribution in [0, 0.1) is 27.7 Å². The van der Waals surface area contributed by atoms with Crippen LogP contribution in [0.15, 0.2) is 30.3 Å². The molecule has 19 heavy (non-hydrogen) atoms. The van der Waals surface area contributed by atoms with Gasteiger partial charge in [-0.1, -0.05) is 12.1 Å². The third-order valence-electron chi connectivity index (χ3n) is 3.73. The van der Waals surface area contributed by atoms with E-state index in [9.17, 15) is 0 Å². The quantitative estimate of drug-likeness (QED) is 0.811. The molecule has 0 aliphatic carbocycles. The summed E-state index contributed by atoms with van der Waals surface area (Å²) >= 11 is 0. The van der Waals surface area contributed by atoms with Gasteiger partial charge in [0.1, 0.15) is 0 Å². The highest BCUT2D eigenvalue weighted by Crippen LogP contribution is 2.33. The lowest BCUT2D eigenvalue weighted by Crippen LogP contribution is -2.13. The van der Waals surface area contributed by atoms with Crippen molar-refractivity contribution in [2.24, 2.45) is 0 Å². The molecule has 0 heterocycles. The second-order valence-corrected chi connectivity index (χ2v) is 5.34. The molecule has 0 fully saturated rings. The Morgan fingerprint density at radius 1 is 0.789 bits per heavy atom. The Kier molecular flexibility index (Phi) is 3.52. The number of hydrogen-bond acceptors (Lipinski definition) is 2. The second kappa shape index (κ2) is 4.96. The molecule has 0 aromatic heterocycles. The summed E-state index contributed by atoms with van der Waals surface area (Å²) in [5.41, 5.74) is 14.3. The zero-order chi connectivity index (χ0) is 14.2. The van der Waals surface area contributed by atoms with Crippen LogP contribution in [-0.4, -0.2) is 7.05 Å². The molecule has 2 nitrogen and oxygen atoms in total. The fourth-order valence-corrected chi connectivity index (χ4v) is 2.32. The van der Waals surface area contributed by atoms with Crippen LogP contribution in [0.1, 0.15) is 22.3 Å². The zero-order valence-electron chi connectivity index (χ0n) is 12.4. The van der Waals surface area contributed by atoms with E-state index in [0.717, 1.165) is 11.4 Å². The Labute approximate surface area is 115 Å². The number of nitrogen functional groups attached to an aromatic ring is 1. The van der Waals surface area contributed by atoms with E-state index in [-0.39, 0.29) is 0 Å². The highest BCUT2D eigenvalue weighted by atomic mass is 15.1. The third kappa shape index (κ3) is 2.58. The molecule has 100 valence electrons. The molecule has 2 aromatic rings. The van der Waals surface area contributed by atoms with E-state index in [2.05, 4.69) is 63.9 Å². The van der Waals surface area contributed by atoms with Crippen LogP contribution in [0.5, 0.6) is 0 Å². The first-order valence-electron chi connectivity index (χ1n) is 6.58. The van der Waals surface area contributed by atoms with E-state index in [1.165, 1.54) is 27.9 Å². The van der Waals surface area contributed by atoms with Gasteiger partial charge >= 0.3 is 0 Å². The van der Waals surface area contributed by atoms with E-state index in [4.69, 9.17) is 5.73 Å². The summed E-state index contributed by atoms with van der Waals surface area (Å²) in [5, 5.41) is 0. The van der Waals surface area contributed by atoms with Crippen molar-refractivity contribution in [1.29, 1.82) is 0 Å². The molecule has 0 atom stereocenters. The van der Waals surface area contributed by atoms with Gasteiger partial charge in [0.2, 0.25) is 0 Å². The van der Waals surface area contributed by atoms with E-state index < -0.39 is 0 Å². The minimum Gasteiger partial charge on any atom is -0.397 e. The first-order valence-corrected chi connectivity index (χ1v) is 6.58. The summed E-state index contributed by atoms with van der Waals surface area (Å²) in [4.78, 5) is 2.17. The lowest BCUT2D eigenvalue weighted by Gasteiger charge is -2.24. The minimum atomic E-state index is 0.825. The summed E-state index contributed by atoms with van der Waals surface area (Å²) in [5.74, 6) is 0. The molecule has 2 N–H and O–H groups in total. The van der Waals surface area contributed by atoms with Gasteiger partial charge in [-0.3, -0.25) is 0 Å². The van der Waals surface area contributed by atoms with Crippen LogP contribution in [0.25, 0.3) is 0 Å². The van der Waals surface area contributed by atoms with Gasteiger partial charge in [-0.05, 0) is 68.1 Å². The molecular formula is C17H22N2. The van der Waals surface area contributed by atoms with Gasteiger partial charge in [0.15, 0.2) is 0 Å². The lowest BCUT2D eigenvalue weighted by molar-refractivity contribution is 1.17. The monoisotopic (exact) mass is 254 g/mol. The van der Waals surface area contributed by atoms with Crippen molar-refractivity contribution < 1.29 is 0 Å². The van der Waals surface area contributed by atoms with E-state index in [1.54, 1.807) is 0 Å². The number of nitrogens with zero attached hydrogens (tertiary/aromatic N) is 1. The number of nitrogens with two attached hydrogens (primary N) is 1. The Hall–Kier alpha value is -1.96.